The molecule has 0 spiro atoms. The molecule has 0 heterocycles. The van der Waals surface area contributed by atoms with Crippen molar-refractivity contribution in [2.24, 2.45) is 5.73 Å². The van der Waals surface area contributed by atoms with E-state index in [4.69, 9.17) is 10.5 Å². The van der Waals surface area contributed by atoms with E-state index in [0.29, 0.717) is 6.61 Å². The average molecular weight is 221 g/mol. The quantitative estimate of drug-likeness (QED) is 0.848. The summed E-state index contributed by atoms with van der Waals surface area (Å²) < 4.78 is 5.67. The Morgan fingerprint density at radius 1 is 1.31 bits per heavy atom. The molecule has 0 saturated carbocycles. The first-order chi connectivity index (χ1) is 7.43. The van der Waals surface area contributed by atoms with Gasteiger partial charge < -0.3 is 10.5 Å². The second kappa shape index (κ2) is 5.35. The number of nitrogens with two attached hydrogens (primary N) is 1. The van der Waals surface area contributed by atoms with E-state index in [2.05, 4.69) is 39.8 Å². The van der Waals surface area contributed by atoms with Crippen molar-refractivity contribution >= 4 is 0 Å². The van der Waals surface area contributed by atoms with Gasteiger partial charge in [0.15, 0.2) is 0 Å². The molecule has 1 aromatic rings. The maximum absolute atomic E-state index is 5.82. The van der Waals surface area contributed by atoms with Crippen molar-refractivity contribution in [3.8, 4) is 5.75 Å². The maximum atomic E-state index is 5.82. The molecule has 1 rings (SSSR count). The van der Waals surface area contributed by atoms with Crippen molar-refractivity contribution in [1.29, 1.82) is 0 Å². The Bertz CT molecular complexity index is 328. The monoisotopic (exact) mass is 221 g/mol. The maximum Gasteiger partial charge on any atom is 0.119 e. The van der Waals surface area contributed by atoms with E-state index in [1.165, 1.54) is 5.56 Å². The minimum absolute atomic E-state index is 0.123. The predicted molar refractivity (Wildman–Crippen MR) is 68.9 cm³/mol. The van der Waals surface area contributed by atoms with Gasteiger partial charge in [0.1, 0.15) is 12.4 Å². The zero-order valence-corrected chi connectivity index (χ0v) is 10.8. The number of benzene rings is 1. The Labute approximate surface area is 98.8 Å². The summed E-state index contributed by atoms with van der Waals surface area (Å²) in [5.41, 5.74) is 7.27. The molecule has 0 aliphatic rings. The Hall–Kier alpha value is -1.02. The molecular weight excluding hydrogens is 198 g/mol. The van der Waals surface area contributed by atoms with Gasteiger partial charge in [0, 0.05) is 6.04 Å². The molecule has 0 fully saturated rings. The largest absolute Gasteiger partial charge is 0.492 e. The lowest BCUT2D eigenvalue weighted by molar-refractivity contribution is 0.285. The molecule has 0 aliphatic heterocycles. The van der Waals surface area contributed by atoms with Crippen LogP contribution in [0, 0.1) is 0 Å². The average Bonchev–Trinajstić information content (AvgIpc) is 2.25. The highest BCUT2D eigenvalue weighted by atomic mass is 16.5. The molecule has 0 amide bonds. The highest BCUT2D eigenvalue weighted by molar-refractivity contribution is 5.32. The van der Waals surface area contributed by atoms with Gasteiger partial charge in [0.05, 0.1) is 0 Å². The zero-order chi connectivity index (χ0) is 12.2. The third-order valence-electron chi connectivity index (χ3n) is 2.69. The number of ether oxygens (including phenoxy) is 1. The van der Waals surface area contributed by atoms with Crippen LogP contribution in [0.4, 0.5) is 0 Å². The van der Waals surface area contributed by atoms with E-state index in [1.54, 1.807) is 0 Å². The number of hydrogen-bond acceptors (Lipinski definition) is 2. The molecular formula is C14H23NO. The summed E-state index contributed by atoms with van der Waals surface area (Å²) in [5.74, 6) is 0.913. The lowest BCUT2D eigenvalue weighted by Crippen LogP contribution is -2.26. The minimum Gasteiger partial charge on any atom is -0.492 e. The summed E-state index contributed by atoms with van der Waals surface area (Å²) >= 11 is 0. The second-order valence-corrected chi connectivity index (χ2v) is 5.26. The van der Waals surface area contributed by atoms with Crippen LogP contribution in [0.25, 0.3) is 0 Å². The van der Waals surface area contributed by atoms with Gasteiger partial charge in [0.2, 0.25) is 0 Å². The third kappa shape index (κ3) is 3.86. The van der Waals surface area contributed by atoms with Gasteiger partial charge in [-0.25, -0.2) is 0 Å². The van der Waals surface area contributed by atoms with E-state index in [0.717, 1.165) is 12.2 Å². The van der Waals surface area contributed by atoms with Crippen LogP contribution >= 0.6 is 0 Å². The van der Waals surface area contributed by atoms with Crippen molar-refractivity contribution in [1.82, 2.24) is 0 Å². The Morgan fingerprint density at radius 2 is 2.00 bits per heavy atom. The van der Waals surface area contributed by atoms with Crippen molar-refractivity contribution < 1.29 is 4.74 Å². The molecule has 1 aromatic carbocycles. The van der Waals surface area contributed by atoms with Gasteiger partial charge in [0.25, 0.3) is 0 Å². The summed E-state index contributed by atoms with van der Waals surface area (Å²) in [6, 6.07) is 8.37. The lowest BCUT2D eigenvalue weighted by Gasteiger charge is -2.20. The standard InChI is InChI=1S/C14H23NO/c1-5-12(15)10-16-13-8-6-7-11(9-13)14(2,3)4/h6-9,12H,5,10,15H2,1-4H3. The van der Waals surface area contributed by atoms with Crippen molar-refractivity contribution in [3.05, 3.63) is 29.8 Å². The summed E-state index contributed by atoms with van der Waals surface area (Å²) in [6.07, 6.45) is 0.943. The van der Waals surface area contributed by atoms with Crippen LogP contribution in [0.2, 0.25) is 0 Å². The highest BCUT2D eigenvalue weighted by Crippen LogP contribution is 2.25. The topological polar surface area (TPSA) is 35.2 Å². The van der Waals surface area contributed by atoms with Crippen LogP contribution in [-0.4, -0.2) is 12.6 Å². The molecule has 2 heteroatoms. The first-order valence-electron chi connectivity index (χ1n) is 5.92. The molecule has 0 radical (unpaired) electrons. The van der Waals surface area contributed by atoms with E-state index in [1.807, 2.05) is 12.1 Å². The van der Waals surface area contributed by atoms with E-state index in [9.17, 15) is 0 Å². The van der Waals surface area contributed by atoms with E-state index >= 15 is 0 Å². The molecule has 2 N–H and O–H groups in total. The molecule has 90 valence electrons. The van der Waals surface area contributed by atoms with Gasteiger partial charge in [-0.15, -0.1) is 0 Å². The summed E-state index contributed by atoms with van der Waals surface area (Å²) in [5, 5.41) is 0. The fourth-order valence-electron chi connectivity index (χ4n) is 1.37. The van der Waals surface area contributed by atoms with Crippen LogP contribution in [0.1, 0.15) is 39.7 Å². The summed E-state index contributed by atoms with van der Waals surface area (Å²) in [7, 11) is 0. The Morgan fingerprint density at radius 3 is 2.56 bits per heavy atom. The molecule has 2 nitrogen and oxygen atoms in total. The smallest absolute Gasteiger partial charge is 0.119 e. The molecule has 0 bridgehead atoms. The Balaban J connectivity index is 2.68. The van der Waals surface area contributed by atoms with Gasteiger partial charge in [-0.2, -0.15) is 0 Å². The summed E-state index contributed by atoms with van der Waals surface area (Å²) in [4.78, 5) is 0. The predicted octanol–water partition coefficient (Wildman–Crippen LogP) is 3.10. The molecule has 0 aromatic heterocycles. The first-order valence-corrected chi connectivity index (χ1v) is 5.92. The van der Waals surface area contributed by atoms with Crippen LogP contribution in [0.3, 0.4) is 0 Å². The van der Waals surface area contributed by atoms with Crippen molar-refractivity contribution in [2.75, 3.05) is 6.61 Å². The van der Waals surface area contributed by atoms with Crippen LogP contribution < -0.4 is 10.5 Å². The van der Waals surface area contributed by atoms with E-state index < -0.39 is 0 Å². The summed E-state index contributed by atoms with van der Waals surface area (Å²) in [6.45, 7) is 9.25. The second-order valence-electron chi connectivity index (χ2n) is 5.26. The number of hydrogen-bond donors (Lipinski definition) is 1. The van der Waals surface area contributed by atoms with Crippen LogP contribution in [0.5, 0.6) is 5.75 Å². The highest BCUT2D eigenvalue weighted by Gasteiger charge is 2.13. The number of rotatable bonds is 4. The van der Waals surface area contributed by atoms with Gasteiger partial charge >= 0.3 is 0 Å². The third-order valence-corrected chi connectivity index (χ3v) is 2.69. The zero-order valence-electron chi connectivity index (χ0n) is 10.8. The molecule has 0 saturated heterocycles. The van der Waals surface area contributed by atoms with Gasteiger partial charge in [-0.3, -0.25) is 0 Å². The van der Waals surface area contributed by atoms with Crippen molar-refractivity contribution in [2.45, 2.75) is 45.6 Å². The molecule has 0 aliphatic carbocycles. The normalized spacial score (nSPS) is 13.6. The first kappa shape index (κ1) is 13.0. The lowest BCUT2D eigenvalue weighted by atomic mass is 9.87. The SMILES string of the molecule is CCC(N)COc1cccc(C(C)(C)C)c1. The van der Waals surface area contributed by atoms with Crippen LogP contribution in [0.15, 0.2) is 24.3 Å². The molecule has 1 unspecified atom stereocenters. The minimum atomic E-state index is 0.123. The van der Waals surface area contributed by atoms with Gasteiger partial charge in [-0.1, -0.05) is 39.8 Å². The molecule has 16 heavy (non-hydrogen) atoms. The fraction of sp³-hybridized carbons (Fsp3) is 0.571. The Kier molecular flexibility index (Phi) is 4.36. The molecule has 1 atom stereocenters. The van der Waals surface area contributed by atoms with Crippen molar-refractivity contribution in [3.63, 3.8) is 0 Å². The van der Waals surface area contributed by atoms with E-state index in [-0.39, 0.29) is 11.5 Å². The van der Waals surface area contributed by atoms with Crippen LogP contribution in [-0.2, 0) is 5.41 Å². The fourth-order valence-corrected chi connectivity index (χ4v) is 1.37. The van der Waals surface area contributed by atoms with Gasteiger partial charge in [-0.05, 0) is 29.5 Å².